The normalized spacial score (nSPS) is 10.5. The number of benzene rings is 2. The Labute approximate surface area is 170 Å². The van der Waals surface area contributed by atoms with Gasteiger partial charge in [0.05, 0.1) is 26.1 Å². The highest BCUT2D eigenvalue weighted by atomic mass is 16.5. The van der Waals surface area contributed by atoms with Gasteiger partial charge in [-0.2, -0.15) is 5.10 Å². The highest BCUT2D eigenvalue weighted by Crippen LogP contribution is 2.28. The molecule has 2 aromatic carbocycles. The van der Waals surface area contributed by atoms with Crippen molar-refractivity contribution in [3.8, 4) is 11.5 Å². The van der Waals surface area contributed by atoms with Gasteiger partial charge < -0.3 is 19.7 Å². The molecule has 0 saturated heterocycles. The van der Waals surface area contributed by atoms with E-state index in [1.54, 1.807) is 18.2 Å². The fraction of sp³-hybridized carbons (Fsp3) is 0.286. The maximum Gasteiger partial charge on any atom is 0.329 e. The van der Waals surface area contributed by atoms with Crippen molar-refractivity contribution in [3.63, 3.8) is 0 Å². The monoisotopic (exact) mass is 398 g/mol. The maximum absolute atomic E-state index is 12.1. The molecule has 0 spiro atoms. The Morgan fingerprint density at radius 3 is 2.28 bits per heavy atom. The molecule has 2 N–H and O–H groups in total. The summed E-state index contributed by atoms with van der Waals surface area (Å²) < 4.78 is 10.3. The van der Waals surface area contributed by atoms with E-state index in [0.29, 0.717) is 17.2 Å². The Morgan fingerprint density at radius 1 is 1.00 bits per heavy atom. The quantitative estimate of drug-likeness (QED) is 0.405. The summed E-state index contributed by atoms with van der Waals surface area (Å²) in [7, 11) is 2.97. The first-order valence-electron chi connectivity index (χ1n) is 9.23. The second-order valence-corrected chi connectivity index (χ2v) is 5.98. The number of nitrogens with zero attached hydrogens (tertiary/aromatic N) is 2. The van der Waals surface area contributed by atoms with E-state index in [0.717, 1.165) is 24.3 Å². The predicted octanol–water partition coefficient (Wildman–Crippen LogP) is 2.64. The Balaban J connectivity index is 1.96. The summed E-state index contributed by atoms with van der Waals surface area (Å²) in [6, 6.07) is 12.6. The van der Waals surface area contributed by atoms with Crippen molar-refractivity contribution < 1.29 is 19.1 Å². The number of nitrogens with one attached hydrogen (secondary N) is 2. The molecule has 0 aliphatic rings. The van der Waals surface area contributed by atoms with Crippen molar-refractivity contribution in [1.29, 1.82) is 0 Å². The molecule has 0 atom stereocenters. The number of rotatable bonds is 8. The van der Waals surface area contributed by atoms with Crippen LogP contribution < -0.4 is 25.1 Å². The molecule has 0 radical (unpaired) electrons. The van der Waals surface area contributed by atoms with E-state index < -0.39 is 11.8 Å². The fourth-order valence-electron chi connectivity index (χ4n) is 2.67. The second-order valence-electron chi connectivity index (χ2n) is 5.98. The first-order valence-corrected chi connectivity index (χ1v) is 9.23. The topological polar surface area (TPSA) is 92.3 Å². The average molecular weight is 398 g/mol. The average Bonchev–Trinajstić information content (AvgIpc) is 2.75. The number of carbonyl (C=O) groups excluding carboxylic acids is 2. The van der Waals surface area contributed by atoms with Crippen LogP contribution in [0.1, 0.15) is 19.4 Å². The van der Waals surface area contributed by atoms with Gasteiger partial charge in [-0.3, -0.25) is 9.59 Å². The number of hydrazone groups is 1. The lowest BCUT2D eigenvalue weighted by molar-refractivity contribution is -0.136. The highest BCUT2D eigenvalue weighted by Gasteiger charge is 2.16. The van der Waals surface area contributed by atoms with E-state index in [1.807, 2.05) is 24.3 Å². The Bertz CT molecular complexity index is 861. The van der Waals surface area contributed by atoms with Crippen LogP contribution in [-0.2, 0) is 9.59 Å². The van der Waals surface area contributed by atoms with Crippen molar-refractivity contribution in [2.45, 2.75) is 13.8 Å². The van der Waals surface area contributed by atoms with E-state index in [1.165, 1.54) is 20.4 Å². The Morgan fingerprint density at radius 2 is 1.69 bits per heavy atom. The minimum Gasteiger partial charge on any atom is -0.497 e. The third kappa shape index (κ3) is 5.97. The summed E-state index contributed by atoms with van der Waals surface area (Å²) in [5, 5.41) is 6.32. The highest BCUT2D eigenvalue weighted by molar-refractivity contribution is 6.39. The lowest BCUT2D eigenvalue weighted by Gasteiger charge is -2.20. The molecular formula is C21H26N4O4. The SMILES string of the molecule is CCN(CC)c1ccc(C=NNC(=O)C(=O)Nc2cc(OC)ccc2OC)cc1. The van der Waals surface area contributed by atoms with Gasteiger partial charge in [0, 0.05) is 24.8 Å². The van der Waals surface area contributed by atoms with Crippen molar-refractivity contribution in [3.05, 3.63) is 48.0 Å². The Hall–Kier alpha value is -3.55. The van der Waals surface area contributed by atoms with Crippen LogP contribution in [0.15, 0.2) is 47.6 Å². The van der Waals surface area contributed by atoms with E-state index >= 15 is 0 Å². The standard InChI is InChI=1S/C21H26N4O4/c1-5-25(6-2)16-9-7-15(8-10-16)14-22-24-21(27)20(26)23-18-13-17(28-3)11-12-19(18)29-4/h7-14H,5-6H2,1-4H3,(H,23,26)(H,24,27). The maximum atomic E-state index is 12.1. The van der Waals surface area contributed by atoms with Gasteiger partial charge in [-0.15, -0.1) is 0 Å². The molecule has 0 fully saturated rings. The lowest BCUT2D eigenvalue weighted by Crippen LogP contribution is -2.32. The largest absolute Gasteiger partial charge is 0.497 e. The zero-order chi connectivity index (χ0) is 21.2. The van der Waals surface area contributed by atoms with Crippen LogP contribution >= 0.6 is 0 Å². The molecule has 154 valence electrons. The van der Waals surface area contributed by atoms with Gasteiger partial charge in [-0.05, 0) is 43.7 Å². The van der Waals surface area contributed by atoms with Gasteiger partial charge in [0.15, 0.2) is 0 Å². The summed E-state index contributed by atoms with van der Waals surface area (Å²) in [6.07, 6.45) is 1.48. The van der Waals surface area contributed by atoms with Crippen LogP contribution in [0.4, 0.5) is 11.4 Å². The zero-order valence-corrected chi connectivity index (χ0v) is 17.1. The van der Waals surface area contributed by atoms with E-state index in [4.69, 9.17) is 9.47 Å². The van der Waals surface area contributed by atoms with Crippen molar-refractivity contribution in [1.82, 2.24) is 5.43 Å². The number of carbonyl (C=O) groups is 2. The molecule has 8 heteroatoms. The fourth-order valence-corrected chi connectivity index (χ4v) is 2.67. The first kappa shape index (κ1) is 21.7. The van der Waals surface area contributed by atoms with E-state index in [-0.39, 0.29) is 0 Å². The molecule has 0 bridgehead atoms. The number of anilines is 2. The van der Waals surface area contributed by atoms with Crippen LogP contribution in [0.5, 0.6) is 11.5 Å². The minimum atomic E-state index is -0.897. The first-order chi connectivity index (χ1) is 14.0. The van der Waals surface area contributed by atoms with E-state index in [2.05, 4.69) is 34.6 Å². The van der Waals surface area contributed by atoms with Gasteiger partial charge >= 0.3 is 11.8 Å². The summed E-state index contributed by atoms with van der Waals surface area (Å²) in [5.74, 6) is -0.840. The van der Waals surface area contributed by atoms with Crippen LogP contribution in [-0.4, -0.2) is 45.3 Å². The molecule has 0 aliphatic heterocycles. The summed E-state index contributed by atoms with van der Waals surface area (Å²) >= 11 is 0. The van der Waals surface area contributed by atoms with Gasteiger partial charge in [0.2, 0.25) is 0 Å². The van der Waals surface area contributed by atoms with Crippen molar-refractivity contribution in [2.75, 3.05) is 37.5 Å². The molecule has 0 heterocycles. The molecule has 29 heavy (non-hydrogen) atoms. The molecular weight excluding hydrogens is 372 g/mol. The third-order valence-electron chi connectivity index (χ3n) is 4.26. The predicted molar refractivity (Wildman–Crippen MR) is 114 cm³/mol. The molecule has 8 nitrogen and oxygen atoms in total. The molecule has 0 saturated carbocycles. The molecule has 2 amide bonds. The van der Waals surface area contributed by atoms with Crippen molar-refractivity contribution >= 4 is 29.4 Å². The van der Waals surface area contributed by atoms with Crippen LogP contribution in [0, 0.1) is 0 Å². The van der Waals surface area contributed by atoms with Gasteiger partial charge in [0.1, 0.15) is 11.5 Å². The van der Waals surface area contributed by atoms with Crippen LogP contribution in [0.3, 0.4) is 0 Å². The molecule has 0 aliphatic carbocycles. The zero-order valence-electron chi connectivity index (χ0n) is 17.1. The minimum absolute atomic E-state index is 0.322. The number of methoxy groups -OCH3 is 2. The summed E-state index contributed by atoms with van der Waals surface area (Å²) in [6.45, 7) is 6.04. The van der Waals surface area contributed by atoms with Crippen LogP contribution in [0.25, 0.3) is 0 Å². The number of hydrogen-bond donors (Lipinski definition) is 2. The van der Waals surface area contributed by atoms with Crippen molar-refractivity contribution in [2.24, 2.45) is 5.10 Å². The number of amides is 2. The molecule has 0 unspecified atom stereocenters. The van der Waals surface area contributed by atoms with E-state index in [9.17, 15) is 9.59 Å². The summed E-state index contributed by atoms with van der Waals surface area (Å²) in [5.41, 5.74) is 4.45. The second kappa shape index (κ2) is 10.7. The third-order valence-corrected chi connectivity index (χ3v) is 4.26. The smallest absolute Gasteiger partial charge is 0.329 e. The number of hydrogen-bond acceptors (Lipinski definition) is 6. The lowest BCUT2D eigenvalue weighted by atomic mass is 10.2. The number of ether oxygens (including phenoxy) is 2. The summed E-state index contributed by atoms with van der Waals surface area (Å²) in [4.78, 5) is 26.3. The van der Waals surface area contributed by atoms with Gasteiger partial charge in [0.25, 0.3) is 0 Å². The molecule has 2 aromatic rings. The van der Waals surface area contributed by atoms with Gasteiger partial charge in [-0.25, -0.2) is 5.43 Å². The van der Waals surface area contributed by atoms with Crippen LogP contribution in [0.2, 0.25) is 0 Å². The molecule has 0 aromatic heterocycles. The Kier molecular flexibility index (Phi) is 8.02. The molecule has 2 rings (SSSR count). The van der Waals surface area contributed by atoms with Gasteiger partial charge in [-0.1, -0.05) is 12.1 Å².